The quantitative estimate of drug-likeness (QED) is 0.573. The molecule has 1 aliphatic heterocycles. The molecule has 2 atom stereocenters. The summed E-state index contributed by atoms with van der Waals surface area (Å²) in [6.45, 7) is 1.95. The van der Waals surface area contributed by atoms with Crippen LogP contribution in [0.1, 0.15) is 16.8 Å². The Morgan fingerprint density at radius 3 is 2.96 bits per heavy atom. The number of aliphatic hydroxyl groups excluding tert-OH is 1. The number of ether oxygens (including phenoxy) is 2. The van der Waals surface area contributed by atoms with Gasteiger partial charge in [-0.25, -0.2) is 4.79 Å². The Morgan fingerprint density at radius 1 is 1.42 bits per heavy atom. The van der Waals surface area contributed by atoms with Gasteiger partial charge in [-0.3, -0.25) is 4.79 Å². The van der Waals surface area contributed by atoms with Crippen LogP contribution in [0.15, 0.2) is 24.3 Å². The van der Waals surface area contributed by atoms with Crippen molar-refractivity contribution in [3.05, 3.63) is 29.8 Å². The van der Waals surface area contributed by atoms with Gasteiger partial charge in [-0.2, -0.15) is 0 Å². The van der Waals surface area contributed by atoms with Crippen molar-refractivity contribution in [2.24, 2.45) is 5.92 Å². The largest absolute Gasteiger partial charge is 0.492 e. The maximum atomic E-state index is 12.1. The first kappa shape index (κ1) is 18.2. The summed E-state index contributed by atoms with van der Waals surface area (Å²) in [6, 6.07) is 6.66. The van der Waals surface area contributed by atoms with Crippen molar-refractivity contribution < 1.29 is 24.2 Å². The van der Waals surface area contributed by atoms with Gasteiger partial charge >= 0.3 is 5.97 Å². The molecule has 0 unspecified atom stereocenters. The first-order valence-electron chi connectivity index (χ1n) is 7.96. The Morgan fingerprint density at radius 2 is 2.21 bits per heavy atom. The van der Waals surface area contributed by atoms with Crippen molar-refractivity contribution in [3.63, 3.8) is 0 Å². The summed E-state index contributed by atoms with van der Waals surface area (Å²) in [6.07, 6.45) is 0.00431. The second kappa shape index (κ2) is 8.65. The number of rotatable bonds is 6. The fourth-order valence-electron chi connectivity index (χ4n) is 2.67. The summed E-state index contributed by atoms with van der Waals surface area (Å²) in [5.74, 6) is -0.471. The van der Waals surface area contributed by atoms with E-state index >= 15 is 0 Å². The molecule has 1 saturated heterocycles. The Balaban J connectivity index is 1.76. The number of amides is 1. The van der Waals surface area contributed by atoms with Crippen LogP contribution < -0.4 is 10.1 Å². The minimum atomic E-state index is -0.598. The van der Waals surface area contributed by atoms with Crippen molar-refractivity contribution in [1.29, 1.82) is 0 Å². The minimum Gasteiger partial charge on any atom is -0.492 e. The van der Waals surface area contributed by atoms with E-state index in [-0.39, 0.29) is 12.5 Å². The Bertz CT molecular complexity index is 578. The Hall–Kier alpha value is -2.12. The van der Waals surface area contributed by atoms with Crippen molar-refractivity contribution in [3.8, 4) is 5.75 Å². The zero-order valence-corrected chi connectivity index (χ0v) is 14.0. The molecule has 0 aliphatic carbocycles. The van der Waals surface area contributed by atoms with Gasteiger partial charge in [0.05, 0.1) is 31.2 Å². The molecule has 0 bridgehead atoms. The van der Waals surface area contributed by atoms with Gasteiger partial charge in [0.1, 0.15) is 12.4 Å². The highest BCUT2D eigenvalue weighted by Crippen LogP contribution is 2.16. The van der Waals surface area contributed by atoms with Crippen LogP contribution in [0.5, 0.6) is 5.75 Å². The summed E-state index contributed by atoms with van der Waals surface area (Å²) in [7, 11) is 3.26. The summed E-state index contributed by atoms with van der Waals surface area (Å²) in [5.41, 5.74) is 0.410. The second-order valence-corrected chi connectivity index (χ2v) is 5.88. The number of esters is 1. The lowest BCUT2D eigenvalue weighted by Crippen LogP contribution is -2.49. The third-order valence-electron chi connectivity index (χ3n) is 4.04. The van der Waals surface area contributed by atoms with Gasteiger partial charge < -0.3 is 24.8 Å². The van der Waals surface area contributed by atoms with Crippen LogP contribution in [-0.2, 0) is 9.53 Å². The van der Waals surface area contributed by atoms with Gasteiger partial charge in [0, 0.05) is 13.1 Å². The zero-order valence-electron chi connectivity index (χ0n) is 14.0. The molecule has 2 N–H and O–H groups in total. The number of hydrogen-bond donors (Lipinski definition) is 2. The van der Waals surface area contributed by atoms with Crippen molar-refractivity contribution in [1.82, 2.24) is 10.2 Å². The Labute approximate surface area is 141 Å². The van der Waals surface area contributed by atoms with E-state index in [4.69, 9.17) is 4.74 Å². The molecular formula is C17H24N2O5. The first-order chi connectivity index (χ1) is 11.5. The number of methoxy groups -OCH3 is 1. The highest BCUT2D eigenvalue weighted by molar-refractivity contribution is 5.89. The van der Waals surface area contributed by atoms with E-state index in [1.54, 1.807) is 24.3 Å². The molecule has 0 radical (unpaired) electrons. The highest BCUT2D eigenvalue weighted by Gasteiger charge is 2.31. The molecule has 132 valence electrons. The van der Waals surface area contributed by atoms with Crippen LogP contribution in [0.25, 0.3) is 0 Å². The normalized spacial score (nSPS) is 21.1. The smallest absolute Gasteiger partial charge is 0.337 e. The number of nitrogens with one attached hydrogen (secondary N) is 1. The van der Waals surface area contributed by atoms with E-state index < -0.39 is 18.0 Å². The average molecular weight is 336 g/mol. The van der Waals surface area contributed by atoms with E-state index in [0.717, 1.165) is 6.54 Å². The lowest BCUT2D eigenvalue weighted by Gasteiger charge is -2.32. The van der Waals surface area contributed by atoms with Crippen LogP contribution in [0.3, 0.4) is 0 Å². The molecule has 7 nitrogen and oxygen atoms in total. The lowest BCUT2D eigenvalue weighted by atomic mass is 9.94. The van der Waals surface area contributed by atoms with E-state index in [1.807, 2.05) is 11.9 Å². The predicted molar refractivity (Wildman–Crippen MR) is 87.9 cm³/mol. The third kappa shape index (κ3) is 4.94. The number of likely N-dealkylation sites (tertiary alicyclic amines) is 1. The van der Waals surface area contributed by atoms with Gasteiger partial charge in [-0.15, -0.1) is 0 Å². The molecule has 24 heavy (non-hydrogen) atoms. The van der Waals surface area contributed by atoms with E-state index in [9.17, 15) is 14.7 Å². The number of nitrogens with zero attached hydrogens (tertiary/aromatic N) is 1. The van der Waals surface area contributed by atoms with Crippen molar-refractivity contribution >= 4 is 11.9 Å². The summed E-state index contributed by atoms with van der Waals surface area (Å²) in [4.78, 5) is 25.6. The van der Waals surface area contributed by atoms with Gasteiger partial charge in [0.2, 0.25) is 5.91 Å². The van der Waals surface area contributed by atoms with Crippen LogP contribution in [0, 0.1) is 5.92 Å². The van der Waals surface area contributed by atoms with Crippen LogP contribution in [0.2, 0.25) is 0 Å². The standard InChI is InChI=1S/C17H24N2O5/c1-19-8-6-15(20)14(11-19)16(21)18-7-9-24-13-5-3-4-12(10-13)17(22)23-2/h3-5,10,14-15,20H,6-9,11H2,1-2H3,(H,18,21)/t14-,15-/m1/s1. The predicted octanol–water partition coefficient (Wildman–Crippen LogP) is 0.281. The fraction of sp³-hybridized carbons (Fsp3) is 0.529. The Kier molecular flexibility index (Phi) is 6.57. The van der Waals surface area contributed by atoms with Crippen LogP contribution in [-0.4, -0.2) is 68.4 Å². The minimum absolute atomic E-state index is 0.166. The van der Waals surface area contributed by atoms with Gasteiger partial charge in [-0.05, 0) is 31.7 Å². The zero-order chi connectivity index (χ0) is 17.5. The number of piperidine rings is 1. The SMILES string of the molecule is COC(=O)c1cccc(OCCNC(=O)[C@@H]2CN(C)CC[C@H]2O)c1. The molecule has 0 aromatic heterocycles. The summed E-state index contributed by atoms with van der Waals surface area (Å²) in [5, 5.41) is 12.7. The van der Waals surface area contributed by atoms with Gasteiger partial charge in [0.25, 0.3) is 0 Å². The molecule has 7 heteroatoms. The molecule has 1 heterocycles. The molecule has 2 rings (SSSR count). The van der Waals surface area contributed by atoms with E-state index in [0.29, 0.717) is 30.8 Å². The molecule has 0 saturated carbocycles. The molecule has 1 aromatic carbocycles. The molecule has 1 amide bonds. The molecule has 1 aromatic rings. The maximum Gasteiger partial charge on any atom is 0.337 e. The molecule has 0 spiro atoms. The molecular weight excluding hydrogens is 312 g/mol. The number of benzene rings is 1. The fourth-order valence-corrected chi connectivity index (χ4v) is 2.67. The number of carbonyl (C=O) groups is 2. The molecule has 1 fully saturated rings. The van der Waals surface area contributed by atoms with Crippen LogP contribution in [0.4, 0.5) is 0 Å². The van der Waals surface area contributed by atoms with Gasteiger partial charge in [-0.1, -0.05) is 6.07 Å². The average Bonchev–Trinajstić information content (AvgIpc) is 2.60. The van der Waals surface area contributed by atoms with Crippen molar-refractivity contribution in [2.75, 3.05) is 40.4 Å². The van der Waals surface area contributed by atoms with E-state index in [1.165, 1.54) is 7.11 Å². The lowest BCUT2D eigenvalue weighted by molar-refractivity contribution is -0.131. The summed E-state index contributed by atoms with van der Waals surface area (Å²) >= 11 is 0. The highest BCUT2D eigenvalue weighted by atomic mass is 16.5. The topological polar surface area (TPSA) is 88.1 Å². The number of aliphatic hydroxyl groups is 1. The maximum absolute atomic E-state index is 12.1. The summed E-state index contributed by atoms with van der Waals surface area (Å²) < 4.78 is 10.2. The number of hydrogen-bond acceptors (Lipinski definition) is 6. The monoisotopic (exact) mass is 336 g/mol. The first-order valence-corrected chi connectivity index (χ1v) is 7.96. The molecule has 1 aliphatic rings. The second-order valence-electron chi connectivity index (χ2n) is 5.88. The van der Waals surface area contributed by atoms with Gasteiger partial charge in [0.15, 0.2) is 0 Å². The van der Waals surface area contributed by atoms with Crippen molar-refractivity contribution in [2.45, 2.75) is 12.5 Å². The number of carbonyl (C=O) groups excluding carboxylic acids is 2. The third-order valence-corrected chi connectivity index (χ3v) is 4.04. The van der Waals surface area contributed by atoms with E-state index in [2.05, 4.69) is 10.1 Å². The van der Waals surface area contributed by atoms with Crippen LogP contribution >= 0.6 is 0 Å².